The first-order chi connectivity index (χ1) is 8.84. The van der Waals surface area contributed by atoms with Crippen molar-refractivity contribution >= 4 is 5.78 Å². The third kappa shape index (κ3) is 1.95. The second-order valence-corrected chi connectivity index (χ2v) is 4.03. The second kappa shape index (κ2) is 4.52. The lowest BCUT2D eigenvalue weighted by Crippen LogP contribution is -2.01. The van der Waals surface area contributed by atoms with E-state index in [0.29, 0.717) is 35.8 Å². The molecule has 1 aromatic heterocycles. The predicted octanol–water partition coefficient (Wildman–Crippen LogP) is 1.80. The van der Waals surface area contributed by atoms with Gasteiger partial charge in [0.2, 0.25) is 0 Å². The topological polar surface area (TPSA) is 64.2 Å². The molecule has 0 atom stereocenters. The van der Waals surface area contributed by atoms with Gasteiger partial charge in [0.25, 0.3) is 0 Å². The van der Waals surface area contributed by atoms with Crippen molar-refractivity contribution in [2.75, 3.05) is 13.2 Å². The predicted molar refractivity (Wildman–Crippen MR) is 64.1 cm³/mol. The average molecular weight is 244 g/mol. The standard InChI is InChI=1S/C13H12N2O3/c16-13(10-7-14-15-8-10)9-2-3-11-12(6-9)18-5-1-4-17-11/h2-3,6-8H,1,4-5H2,(H,14,15). The van der Waals surface area contributed by atoms with E-state index in [-0.39, 0.29) is 5.78 Å². The number of aromatic amines is 1. The van der Waals surface area contributed by atoms with Crippen LogP contribution >= 0.6 is 0 Å². The summed E-state index contributed by atoms with van der Waals surface area (Å²) in [6.07, 6.45) is 3.93. The molecule has 0 aliphatic carbocycles. The van der Waals surface area contributed by atoms with Crippen molar-refractivity contribution in [1.82, 2.24) is 10.2 Å². The van der Waals surface area contributed by atoms with Gasteiger partial charge in [-0.25, -0.2) is 0 Å². The molecule has 0 amide bonds. The molecule has 18 heavy (non-hydrogen) atoms. The summed E-state index contributed by atoms with van der Waals surface area (Å²) in [6, 6.07) is 5.23. The molecule has 1 aliphatic rings. The maximum Gasteiger partial charge on any atom is 0.196 e. The van der Waals surface area contributed by atoms with Crippen molar-refractivity contribution in [3.63, 3.8) is 0 Å². The fourth-order valence-electron chi connectivity index (χ4n) is 1.85. The van der Waals surface area contributed by atoms with Crippen LogP contribution in [0.2, 0.25) is 0 Å². The largest absolute Gasteiger partial charge is 0.490 e. The number of benzene rings is 1. The van der Waals surface area contributed by atoms with E-state index in [1.54, 1.807) is 24.4 Å². The first kappa shape index (κ1) is 10.8. The smallest absolute Gasteiger partial charge is 0.196 e. The summed E-state index contributed by atoms with van der Waals surface area (Å²) in [5.74, 6) is 1.23. The lowest BCUT2D eigenvalue weighted by molar-refractivity contribution is 0.103. The number of ketones is 1. The minimum Gasteiger partial charge on any atom is -0.490 e. The molecule has 1 N–H and O–H groups in total. The number of carbonyl (C=O) groups is 1. The molecule has 0 radical (unpaired) electrons. The first-order valence-corrected chi connectivity index (χ1v) is 5.78. The van der Waals surface area contributed by atoms with Gasteiger partial charge in [0.15, 0.2) is 17.3 Å². The van der Waals surface area contributed by atoms with E-state index < -0.39 is 0 Å². The quantitative estimate of drug-likeness (QED) is 0.818. The Bertz CT molecular complexity index is 564. The molecule has 5 nitrogen and oxygen atoms in total. The maximum atomic E-state index is 12.1. The van der Waals surface area contributed by atoms with E-state index in [2.05, 4.69) is 10.2 Å². The molecule has 0 fully saturated rings. The molecule has 0 unspecified atom stereocenters. The van der Waals surface area contributed by atoms with Gasteiger partial charge in [-0.15, -0.1) is 0 Å². The number of nitrogens with one attached hydrogen (secondary N) is 1. The first-order valence-electron chi connectivity index (χ1n) is 5.78. The monoisotopic (exact) mass is 244 g/mol. The Kier molecular flexibility index (Phi) is 2.72. The van der Waals surface area contributed by atoms with E-state index in [9.17, 15) is 4.79 Å². The number of fused-ring (bicyclic) bond motifs is 1. The molecule has 0 bridgehead atoms. The van der Waals surface area contributed by atoms with Crippen molar-refractivity contribution in [1.29, 1.82) is 0 Å². The lowest BCUT2D eigenvalue weighted by Gasteiger charge is -2.08. The highest BCUT2D eigenvalue weighted by molar-refractivity contribution is 6.09. The molecule has 2 heterocycles. The van der Waals surface area contributed by atoms with Crippen molar-refractivity contribution in [3.05, 3.63) is 41.7 Å². The molecule has 92 valence electrons. The highest BCUT2D eigenvalue weighted by Crippen LogP contribution is 2.31. The molecular weight excluding hydrogens is 232 g/mol. The van der Waals surface area contributed by atoms with Crippen molar-refractivity contribution < 1.29 is 14.3 Å². The summed E-state index contributed by atoms with van der Waals surface area (Å²) < 4.78 is 11.1. The van der Waals surface area contributed by atoms with Gasteiger partial charge < -0.3 is 9.47 Å². The number of rotatable bonds is 2. The fraction of sp³-hybridized carbons (Fsp3) is 0.231. The van der Waals surface area contributed by atoms with Crippen LogP contribution in [-0.4, -0.2) is 29.2 Å². The second-order valence-electron chi connectivity index (χ2n) is 4.03. The third-order valence-corrected chi connectivity index (χ3v) is 2.77. The maximum absolute atomic E-state index is 12.1. The van der Waals surface area contributed by atoms with Crippen LogP contribution < -0.4 is 9.47 Å². The number of ether oxygens (including phenoxy) is 2. The Morgan fingerprint density at radius 2 is 2.00 bits per heavy atom. The SMILES string of the molecule is O=C(c1cn[nH]c1)c1ccc2c(c1)OCCCO2. The Labute approximate surface area is 104 Å². The molecule has 0 saturated carbocycles. The fourth-order valence-corrected chi connectivity index (χ4v) is 1.85. The number of hydrogen-bond acceptors (Lipinski definition) is 4. The van der Waals surface area contributed by atoms with Gasteiger partial charge in [0.05, 0.1) is 25.0 Å². The van der Waals surface area contributed by atoms with Crippen LogP contribution in [0.3, 0.4) is 0 Å². The zero-order valence-electron chi connectivity index (χ0n) is 9.68. The van der Waals surface area contributed by atoms with E-state index in [1.165, 1.54) is 6.20 Å². The third-order valence-electron chi connectivity index (χ3n) is 2.77. The highest BCUT2D eigenvalue weighted by atomic mass is 16.5. The van der Waals surface area contributed by atoms with Gasteiger partial charge in [-0.3, -0.25) is 9.89 Å². The number of nitrogens with zero attached hydrogens (tertiary/aromatic N) is 1. The summed E-state index contributed by atoms with van der Waals surface area (Å²) >= 11 is 0. The molecule has 3 rings (SSSR count). The van der Waals surface area contributed by atoms with Crippen LogP contribution in [0.15, 0.2) is 30.6 Å². The molecule has 5 heteroatoms. The number of carbonyl (C=O) groups excluding carboxylic acids is 1. The molecule has 0 spiro atoms. The Morgan fingerprint density at radius 3 is 2.78 bits per heavy atom. The molecule has 1 aromatic carbocycles. The minimum absolute atomic E-state index is 0.0839. The molecular formula is C13H12N2O3. The number of aromatic nitrogens is 2. The van der Waals surface area contributed by atoms with Gasteiger partial charge in [-0.2, -0.15) is 5.10 Å². The van der Waals surface area contributed by atoms with E-state index in [4.69, 9.17) is 9.47 Å². The summed E-state index contributed by atoms with van der Waals surface area (Å²) in [5.41, 5.74) is 1.10. The van der Waals surface area contributed by atoms with Gasteiger partial charge in [-0.05, 0) is 18.2 Å². The Balaban J connectivity index is 1.94. The summed E-state index contributed by atoms with van der Waals surface area (Å²) in [4.78, 5) is 12.1. The highest BCUT2D eigenvalue weighted by Gasteiger charge is 2.15. The van der Waals surface area contributed by atoms with E-state index in [1.807, 2.05) is 0 Å². The van der Waals surface area contributed by atoms with Crippen molar-refractivity contribution in [3.8, 4) is 11.5 Å². The van der Waals surface area contributed by atoms with Crippen molar-refractivity contribution in [2.24, 2.45) is 0 Å². The normalized spacial score (nSPS) is 14.0. The van der Waals surface area contributed by atoms with E-state index >= 15 is 0 Å². The van der Waals surface area contributed by atoms with Crippen molar-refractivity contribution in [2.45, 2.75) is 6.42 Å². The Morgan fingerprint density at radius 1 is 1.17 bits per heavy atom. The van der Waals surface area contributed by atoms with Crippen LogP contribution in [0.5, 0.6) is 11.5 Å². The van der Waals surface area contributed by atoms with Gasteiger partial charge in [0.1, 0.15) is 0 Å². The zero-order chi connectivity index (χ0) is 12.4. The van der Waals surface area contributed by atoms with Gasteiger partial charge >= 0.3 is 0 Å². The van der Waals surface area contributed by atoms with Crippen LogP contribution in [-0.2, 0) is 0 Å². The molecule has 2 aromatic rings. The molecule has 1 aliphatic heterocycles. The van der Waals surface area contributed by atoms with Gasteiger partial charge in [-0.1, -0.05) is 0 Å². The Hall–Kier alpha value is -2.30. The average Bonchev–Trinajstić information content (AvgIpc) is 2.83. The van der Waals surface area contributed by atoms with Gasteiger partial charge in [0, 0.05) is 18.2 Å². The summed E-state index contributed by atoms with van der Waals surface area (Å²) in [5, 5.41) is 6.40. The van der Waals surface area contributed by atoms with Crippen LogP contribution in [0.1, 0.15) is 22.3 Å². The molecule has 0 saturated heterocycles. The lowest BCUT2D eigenvalue weighted by atomic mass is 10.1. The number of H-pyrrole nitrogens is 1. The minimum atomic E-state index is -0.0839. The summed E-state index contributed by atoms with van der Waals surface area (Å²) in [7, 11) is 0. The zero-order valence-corrected chi connectivity index (χ0v) is 9.68. The van der Waals surface area contributed by atoms with Crippen LogP contribution in [0.25, 0.3) is 0 Å². The van der Waals surface area contributed by atoms with Crippen LogP contribution in [0.4, 0.5) is 0 Å². The van der Waals surface area contributed by atoms with E-state index in [0.717, 1.165) is 6.42 Å². The van der Waals surface area contributed by atoms with Crippen LogP contribution in [0, 0.1) is 0 Å². The number of hydrogen-bond donors (Lipinski definition) is 1. The summed E-state index contributed by atoms with van der Waals surface area (Å²) in [6.45, 7) is 1.25.